The van der Waals surface area contributed by atoms with E-state index in [2.05, 4.69) is 45.1 Å². The van der Waals surface area contributed by atoms with E-state index in [0.29, 0.717) is 32.3 Å². The summed E-state index contributed by atoms with van der Waals surface area (Å²) in [7, 11) is -2.29. The Morgan fingerprint density at radius 1 is 1.00 bits per heavy atom. The molecule has 0 amide bonds. The van der Waals surface area contributed by atoms with E-state index in [-0.39, 0.29) is 48.0 Å². The molecular weight excluding hydrogens is 584 g/mol. The standard InChI is InChI=1S/C34H58O9S/c1-6-7-22-34(2,3)30(42-33-19-13-15-24-40-33)21-20-27-26(16-10-8-9-11-17-31(35)38-4)29(43-44(5,36)37)25-28(27)41-32-18-12-14-23-39-32/h8,10,20-21,26-30,32-33H,6-7,9,11-19,22-25H2,1-5H3/b10-8-,21-20+/t26-,27-,28-,29-,30-,32?,33?/m1/s1. The third kappa shape index (κ3) is 12.8. The number of carbonyl (C=O) groups is 1. The van der Waals surface area contributed by atoms with Crippen LogP contribution in [0.15, 0.2) is 24.3 Å². The number of allylic oxidation sites excluding steroid dienone is 2. The summed E-state index contributed by atoms with van der Waals surface area (Å²) in [5, 5.41) is 0. The molecule has 2 aliphatic heterocycles. The van der Waals surface area contributed by atoms with Gasteiger partial charge in [-0.1, -0.05) is 57.9 Å². The molecule has 1 saturated carbocycles. The normalized spacial score (nSPS) is 29.4. The molecule has 0 bridgehead atoms. The molecule has 3 fully saturated rings. The fourth-order valence-electron chi connectivity index (χ4n) is 6.47. The van der Waals surface area contributed by atoms with Crippen LogP contribution in [0.3, 0.4) is 0 Å². The minimum atomic E-state index is -3.68. The molecule has 7 atom stereocenters. The van der Waals surface area contributed by atoms with Gasteiger partial charge in [-0.3, -0.25) is 8.98 Å². The zero-order valence-corrected chi connectivity index (χ0v) is 28.6. The Hall–Kier alpha value is -1.30. The van der Waals surface area contributed by atoms with Crippen molar-refractivity contribution in [3.05, 3.63) is 24.3 Å². The van der Waals surface area contributed by atoms with Gasteiger partial charge >= 0.3 is 5.97 Å². The van der Waals surface area contributed by atoms with Crippen molar-refractivity contribution < 1.29 is 41.1 Å². The fourth-order valence-corrected chi connectivity index (χ4v) is 7.14. The smallest absolute Gasteiger partial charge is 0.305 e. The van der Waals surface area contributed by atoms with Crippen LogP contribution in [0.25, 0.3) is 0 Å². The summed E-state index contributed by atoms with van der Waals surface area (Å²) >= 11 is 0. The van der Waals surface area contributed by atoms with Gasteiger partial charge in [0.05, 0.1) is 31.7 Å². The van der Waals surface area contributed by atoms with E-state index in [1.807, 2.05) is 0 Å². The zero-order valence-electron chi connectivity index (χ0n) is 27.7. The second-order valence-corrected chi connectivity index (χ2v) is 14.9. The number of esters is 1. The summed E-state index contributed by atoms with van der Waals surface area (Å²) in [4.78, 5) is 11.5. The fraction of sp³-hybridized carbons (Fsp3) is 0.853. The molecule has 2 saturated heterocycles. The maximum absolute atomic E-state index is 12.4. The van der Waals surface area contributed by atoms with Crippen molar-refractivity contribution in [1.82, 2.24) is 0 Å². The maximum atomic E-state index is 12.4. The summed E-state index contributed by atoms with van der Waals surface area (Å²) in [5.74, 6) is -0.452. The van der Waals surface area contributed by atoms with Gasteiger partial charge in [0.25, 0.3) is 10.1 Å². The highest BCUT2D eigenvalue weighted by molar-refractivity contribution is 7.86. The molecule has 0 aromatic rings. The molecule has 2 unspecified atom stereocenters. The highest BCUT2D eigenvalue weighted by Crippen LogP contribution is 2.42. The van der Waals surface area contributed by atoms with Gasteiger partial charge in [0.1, 0.15) is 0 Å². The van der Waals surface area contributed by atoms with Crippen LogP contribution in [0.1, 0.15) is 111 Å². The quantitative estimate of drug-likeness (QED) is 0.0686. The van der Waals surface area contributed by atoms with Crippen LogP contribution in [0.4, 0.5) is 0 Å². The van der Waals surface area contributed by atoms with Gasteiger partial charge in [-0.25, -0.2) is 0 Å². The lowest BCUT2D eigenvalue weighted by molar-refractivity contribution is -0.198. The molecule has 10 heteroatoms. The largest absolute Gasteiger partial charge is 0.469 e. The van der Waals surface area contributed by atoms with Crippen LogP contribution in [-0.4, -0.2) is 71.9 Å². The number of hydrogen-bond donors (Lipinski definition) is 0. The van der Waals surface area contributed by atoms with Crippen LogP contribution in [0, 0.1) is 17.3 Å². The Bertz CT molecular complexity index is 996. The molecule has 2 heterocycles. The Kier molecular flexibility index (Phi) is 15.8. The predicted molar refractivity (Wildman–Crippen MR) is 170 cm³/mol. The third-order valence-electron chi connectivity index (χ3n) is 9.07. The SMILES string of the molecule is CCCCC(C)(C)[C@@H](/C=C/[C@@H]1[C@@H](C/C=C\CCCC(=O)OC)[C@H](OS(C)(=O)=O)C[C@H]1OC1CCCCO1)OC1CCCCO1. The van der Waals surface area contributed by atoms with Gasteiger partial charge in [-0.15, -0.1) is 0 Å². The van der Waals surface area contributed by atoms with Crippen molar-refractivity contribution in [1.29, 1.82) is 0 Å². The molecule has 3 aliphatic rings. The molecule has 1 aliphatic carbocycles. The average molecular weight is 643 g/mol. The number of methoxy groups -OCH3 is 1. The first-order valence-electron chi connectivity index (χ1n) is 16.8. The lowest BCUT2D eigenvalue weighted by Gasteiger charge is -2.36. The minimum absolute atomic E-state index is 0.104. The van der Waals surface area contributed by atoms with Crippen LogP contribution >= 0.6 is 0 Å². The summed E-state index contributed by atoms with van der Waals surface area (Å²) in [5.41, 5.74) is -0.119. The molecule has 0 aromatic carbocycles. The summed E-state index contributed by atoms with van der Waals surface area (Å²) in [6.07, 6.45) is 20.1. The van der Waals surface area contributed by atoms with Crippen LogP contribution in [-0.2, 0) is 42.8 Å². The lowest BCUT2D eigenvalue weighted by Crippen LogP contribution is -2.37. The lowest BCUT2D eigenvalue weighted by atomic mass is 9.80. The Labute approximate surface area is 266 Å². The minimum Gasteiger partial charge on any atom is -0.469 e. The second-order valence-electron chi connectivity index (χ2n) is 13.3. The number of carbonyl (C=O) groups excluding carboxylic acids is 1. The number of unbranched alkanes of at least 4 members (excludes halogenated alkanes) is 2. The van der Waals surface area contributed by atoms with Gasteiger partial charge in [0, 0.05) is 32.0 Å². The summed E-state index contributed by atoms with van der Waals surface area (Å²) in [6, 6.07) is 0. The molecule has 9 nitrogen and oxygen atoms in total. The highest BCUT2D eigenvalue weighted by atomic mass is 32.2. The van der Waals surface area contributed by atoms with Gasteiger partial charge < -0.3 is 23.7 Å². The number of rotatable bonds is 18. The summed E-state index contributed by atoms with van der Waals surface area (Å²) in [6.45, 7) is 8.10. The molecule has 44 heavy (non-hydrogen) atoms. The van der Waals surface area contributed by atoms with Crippen molar-refractivity contribution in [2.45, 2.75) is 142 Å². The topological polar surface area (TPSA) is 107 Å². The van der Waals surface area contributed by atoms with Gasteiger partial charge in [-0.05, 0) is 75.5 Å². The van der Waals surface area contributed by atoms with Gasteiger partial charge in [-0.2, -0.15) is 8.42 Å². The first-order chi connectivity index (χ1) is 21.0. The Morgan fingerprint density at radius 2 is 1.70 bits per heavy atom. The van der Waals surface area contributed by atoms with Crippen LogP contribution in [0.2, 0.25) is 0 Å². The Morgan fingerprint density at radius 3 is 2.32 bits per heavy atom. The molecule has 0 N–H and O–H groups in total. The van der Waals surface area contributed by atoms with Gasteiger partial charge in [0.2, 0.25) is 0 Å². The van der Waals surface area contributed by atoms with Crippen molar-refractivity contribution in [3.8, 4) is 0 Å². The van der Waals surface area contributed by atoms with E-state index in [1.54, 1.807) is 0 Å². The van der Waals surface area contributed by atoms with E-state index in [9.17, 15) is 13.2 Å². The molecule has 3 rings (SSSR count). The average Bonchev–Trinajstić information content (AvgIpc) is 3.30. The summed E-state index contributed by atoms with van der Waals surface area (Å²) < 4.78 is 60.3. The van der Waals surface area contributed by atoms with Crippen LogP contribution < -0.4 is 0 Å². The molecule has 0 radical (unpaired) electrons. The van der Waals surface area contributed by atoms with Crippen molar-refractivity contribution in [2.24, 2.45) is 17.3 Å². The number of ether oxygens (including phenoxy) is 5. The Balaban J connectivity index is 1.87. The first kappa shape index (κ1) is 37.2. The van der Waals surface area contributed by atoms with Gasteiger partial charge in [0.15, 0.2) is 12.6 Å². The van der Waals surface area contributed by atoms with E-state index in [4.69, 9.17) is 27.9 Å². The second kappa shape index (κ2) is 18.7. The van der Waals surface area contributed by atoms with Crippen molar-refractivity contribution in [2.75, 3.05) is 26.6 Å². The van der Waals surface area contributed by atoms with Crippen molar-refractivity contribution >= 4 is 16.1 Å². The van der Waals surface area contributed by atoms with Crippen LogP contribution in [0.5, 0.6) is 0 Å². The van der Waals surface area contributed by atoms with E-state index >= 15 is 0 Å². The van der Waals surface area contributed by atoms with Crippen molar-refractivity contribution in [3.63, 3.8) is 0 Å². The maximum Gasteiger partial charge on any atom is 0.305 e. The monoisotopic (exact) mass is 642 g/mol. The molecule has 0 aromatic heterocycles. The third-order valence-corrected chi connectivity index (χ3v) is 9.67. The highest BCUT2D eigenvalue weighted by Gasteiger charge is 2.45. The number of hydrogen-bond acceptors (Lipinski definition) is 9. The molecular formula is C34H58O9S. The van der Waals surface area contributed by atoms with E-state index < -0.39 is 16.2 Å². The first-order valence-corrected chi connectivity index (χ1v) is 18.7. The van der Waals surface area contributed by atoms with E-state index in [0.717, 1.165) is 77.1 Å². The molecule has 0 spiro atoms. The zero-order chi connectivity index (χ0) is 32.0. The predicted octanol–water partition coefficient (Wildman–Crippen LogP) is 6.85. The molecule has 254 valence electrons. The van der Waals surface area contributed by atoms with E-state index in [1.165, 1.54) is 7.11 Å².